The molecule has 170 valence electrons. The molecule has 33 heavy (non-hydrogen) atoms. The van der Waals surface area contributed by atoms with Crippen LogP contribution in [-0.2, 0) is 26.2 Å². The highest BCUT2D eigenvalue weighted by Crippen LogP contribution is 2.41. The highest BCUT2D eigenvalue weighted by Gasteiger charge is 2.46. The predicted octanol–water partition coefficient (Wildman–Crippen LogP) is 3.02. The number of hydrogen-bond donors (Lipinski definition) is 1. The number of likely N-dealkylation sites (tertiary alicyclic amines) is 1. The van der Waals surface area contributed by atoms with Crippen LogP contribution in [0, 0.1) is 0 Å². The number of carbonyl (C=O) groups excluding carboxylic acids is 2. The van der Waals surface area contributed by atoms with Crippen LogP contribution in [0.1, 0.15) is 22.0 Å². The first-order chi connectivity index (χ1) is 15.7. The Morgan fingerprint density at radius 2 is 1.85 bits per heavy atom. The van der Waals surface area contributed by atoms with Gasteiger partial charge in [0.05, 0.1) is 16.5 Å². The van der Waals surface area contributed by atoms with Crippen molar-refractivity contribution in [2.24, 2.45) is 0 Å². The summed E-state index contributed by atoms with van der Waals surface area (Å²) in [6.07, 6.45) is 3.24. The molecule has 0 spiro atoms. The zero-order chi connectivity index (χ0) is 23.8. The molecule has 0 unspecified atom stereocenters. The van der Waals surface area contributed by atoms with E-state index in [2.05, 4.69) is 4.98 Å². The Labute approximate surface area is 195 Å². The number of nitrogens with zero attached hydrogens (tertiary/aromatic N) is 3. The molecule has 0 radical (unpaired) electrons. The Morgan fingerprint density at radius 3 is 2.42 bits per heavy atom. The highest BCUT2D eigenvalue weighted by molar-refractivity contribution is 7.89. The highest BCUT2D eigenvalue weighted by atomic mass is 32.2. The van der Waals surface area contributed by atoms with Crippen LogP contribution < -0.4 is 0 Å². The molecular formula is C23H21N3O5S2. The molecule has 0 bridgehead atoms. The number of thiophene rings is 1. The number of carbonyl (C=O) groups is 2. The molecule has 1 atom stereocenters. The fourth-order valence-corrected chi connectivity index (χ4v) is 5.37. The summed E-state index contributed by atoms with van der Waals surface area (Å²) in [6, 6.07) is 12.0. The molecular weight excluding hydrogens is 462 g/mol. The SMILES string of the molecule is CN(C)S(=O)(=O)c1ccc(C(O)=C2C(=O)C(=O)N(Cc3cccnc3)[C@@H]2c2cccs2)cc1. The second-order valence-corrected chi connectivity index (χ2v) is 10.7. The molecule has 1 aliphatic rings. The second kappa shape index (κ2) is 8.89. The molecule has 0 saturated carbocycles. The van der Waals surface area contributed by atoms with Crippen LogP contribution in [-0.4, -0.2) is 53.5 Å². The van der Waals surface area contributed by atoms with Crippen LogP contribution in [0.5, 0.6) is 0 Å². The summed E-state index contributed by atoms with van der Waals surface area (Å²) in [6.45, 7) is 0.151. The van der Waals surface area contributed by atoms with Gasteiger partial charge >= 0.3 is 0 Å². The molecule has 10 heteroatoms. The lowest BCUT2D eigenvalue weighted by Gasteiger charge is -2.24. The van der Waals surface area contributed by atoms with Gasteiger partial charge in [-0.3, -0.25) is 14.6 Å². The molecule has 3 aromatic rings. The van der Waals surface area contributed by atoms with E-state index in [4.69, 9.17) is 0 Å². The Bertz CT molecular complexity index is 1320. The van der Waals surface area contributed by atoms with Gasteiger partial charge in [0.2, 0.25) is 10.0 Å². The first kappa shape index (κ1) is 22.8. The molecule has 3 heterocycles. The van der Waals surface area contributed by atoms with Gasteiger partial charge in [0.25, 0.3) is 11.7 Å². The smallest absolute Gasteiger partial charge is 0.295 e. The number of ketones is 1. The summed E-state index contributed by atoms with van der Waals surface area (Å²) in [5.74, 6) is -1.86. The molecule has 4 rings (SSSR count). The molecule has 0 aliphatic carbocycles. The van der Waals surface area contributed by atoms with E-state index in [1.165, 1.54) is 54.6 Å². The van der Waals surface area contributed by atoms with Gasteiger partial charge in [-0.05, 0) is 47.3 Å². The quantitative estimate of drug-likeness (QED) is 0.328. The monoisotopic (exact) mass is 483 g/mol. The Hall–Kier alpha value is -3.34. The number of aliphatic hydroxyl groups excluding tert-OH is 1. The van der Waals surface area contributed by atoms with Crippen LogP contribution in [0.15, 0.2) is 76.8 Å². The molecule has 1 amide bonds. The van der Waals surface area contributed by atoms with Crippen molar-refractivity contribution < 1.29 is 23.1 Å². The van der Waals surface area contributed by atoms with Gasteiger partial charge in [-0.2, -0.15) is 0 Å². The summed E-state index contributed by atoms with van der Waals surface area (Å²) in [5.41, 5.74) is 0.961. The zero-order valence-electron chi connectivity index (χ0n) is 17.9. The maximum Gasteiger partial charge on any atom is 0.295 e. The van der Waals surface area contributed by atoms with Crippen LogP contribution in [0.25, 0.3) is 5.76 Å². The molecule has 1 aliphatic heterocycles. The molecule has 1 aromatic carbocycles. The number of amides is 1. The number of hydrogen-bond acceptors (Lipinski definition) is 7. The number of Topliss-reactive ketones (excluding diaryl/α,β-unsaturated/α-hetero) is 1. The van der Waals surface area contributed by atoms with E-state index in [1.807, 2.05) is 17.5 Å². The first-order valence-corrected chi connectivity index (χ1v) is 12.3. The van der Waals surface area contributed by atoms with Gasteiger partial charge in [0.1, 0.15) is 5.76 Å². The van der Waals surface area contributed by atoms with E-state index >= 15 is 0 Å². The fourth-order valence-electron chi connectivity index (χ4n) is 3.63. The predicted molar refractivity (Wildman–Crippen MR) is 124 cm³/mol. The van der Waals surface area contributed by atoms with Gasteiger partial charge in [-0.1, -0.05) is 12.1 Å². The van der Waals surface area contributed by atoms with Crippen molar-refractivity contribution in [3.8, 4) is 0 Å². The molecule has 2 aromatic heterocycles. The van der Waals surface area contributed by atoms with E-state index in [9.17, 15) is 23.1 Å². The number of aromatic nitrogens is 1. The summed E-state index contributed by atoms with van der Waals surface area (Å²) in [4.78, 5) is 32.2. The number of aliphatic hydroxyl groups is 1. The summed E-state index contributed by atoms with van der Waals surface area (Å²) >= 11 is 1.37. The lowest BCUT2D eigenvalue weighted by Crippen LogP contribution is -2.28. The van der Waals surface area contributed by atoms with Gasteiger partial charge in [-0.15, -0.1) is 11.3 Å². The van der Waals surface area contributed by atoms with Crippen molar-refractivity contribution >= 4 is 38.8 Å². The van der Waals surface area contributed by atoms with E-state index in [0.29, 0.717) is 0 Å². The van der Waals surface area contributed by atoms with E-state index in [0.717, 1.165) is 14.7 Å². The van der Waals surface area contributed by atoms with Gasteiger partial charge in [-0.25, -0.2) is 12.7 Å². The number of pyridine rings is 1. The van der Waals surface area contributed by atoms with Gasteiger partial charge in [0.15, 0.2) is 0 Å². The third-order valence-corrected chi connectivity index (χ3v) is 8.09. The Kier molecular flexibility index (Phi) is 6.15. The van der Waals surface area contributed by atoms with Crippen molar-refractivity contribution in [2.45, 2.75) is 17.5 Å². The minimum Gasteiger partial charge on any atom is -0.507 e. The maximum atomic E-state index is 13.0. The zero-order valence-corrected chi connectivity index (χ0v) is 19.5. The molecule has 1 saturated heterocycles. The normalized spacial score (nSPS) is 18.3. The topological polar surface area (TPSA) is 108 Å². The minimum absolute atomic E-state index is 0.0328. The standard InChI is InChI=1S/C23H21N3O5S2/c1-25(2)33(30,31)17-9-7-16(8-10-17)21(27)19-20(18-6-4-12-32-18)26(23(29)22(19)28)14-15-5-3-11-24-13-15/h3-13,20,27H,14H2,1-2H3/t20-/m1/s1. The van der Waals surface area contributed by atoms with Crippen LogP contribution in [0.4, 0.5) is 0 Å². The van der Waals surface area contributed by atoms with Crippen molar-refractivity contribution in [2.75, 3.05) is 14.1 Å². The van der Waals surface area contributed by atoms with Gasteiger partial charge < -0.3 is 10.0 Å². The number of sulfonamides is 1. The fraction of sp³-hybridized carbons (Fsp3) is 0.174. The van der Waals surface area contributed by atoms with Crippen molar-refractivity contribution in [1.82, 2.24) is 14.2 Å². The van der Waals surface area contributed by atoms with Crippen molar-refractivity contribution in [1.29, 1.82) is 0 Å². The van der Waals surface area contributed by atoms with E-state index < -0.39 is 27.8 Å². The third kappa shape index (κ3) is 4.20. The van der Waals surface area contributed by atoms with E-state index in [-0.39, 0.29) is 28.3 Å². The lowest BCUT2D eigenvalue weighted by atomic mass is 10.00. The summed E-state index contributed by atoms with van der Waals surface area (Å²) in [5, 5.41) is 12.9. The molecule has 8 nitrogen and oxygen atoms in total. The van der Waals surface area contributed by atoms with Crippen LogP contribution in [0.2, 0.25) is 0 Å². The van der Waals surface area contributed by atoms with Crippen LogP contribution in [0.3, 0.4) is 0 Å². The van der Waals surface area contributed by atoms with Gasteiger partial charge in [0, 0.05) is 43.5 Å². The minimum atomic E-state index is -3.65. The largest absolute Gasteiger partial charge is 0.507 e. The average Bonchev–Trinajstić information content (AvgIpc) is 3.42. The van der Waals surface area contributed by atoms with Crippen molar-refractivity contribution in [3.05, 3.63) is 87.9 Å². The maximum absolute atomic E-state index is 13.0. The first-order valence-electron chi connectivity index (χ1n) is 9.95. The van der Waals surface area contributed by atoms with Crippen molar-refractivity contribution in [3.63, 3.8) is 0 Å². The third-order valence-electron chi connectivity index (χ3n) is 5.33. The molecule has 1 N–H and O–H groups in total. The number of benzene rings is 1. The van der Waals surface area contributed by atoms with E-state index in [1.54, 1.807) is 24.5 Å². The summed E-state index contributed by atoms with van der Waals surface area (Å²) < 4.78 is 25.7. The molecule has 1 fully saturated rings. The Balaban J connectivity index is 1.79. The lowest BCUT2D eigenvalue weighted by molar-refractivity contribution is -0.140. The summed E-state index contributed by atoms with van der Waals surface area (Å²) in [7, 11) is -0.796. The average molecular weight is 484 g/mol. The second-order valence-electron chi connectivity index (χ2n) is 7.62. The van der Waals surface area contributed by atoms with Crippen LogP contribution >= 0.6 is 11.3 Å². The Morgan fingerprint density at radius 1 is 1.12 bits per heavy atom. The number of rotatable bonds is 6.